The second kappa shape index (κ2) is 8.53. The van der Waals surface area contributed by atoms with E-state index in [2.05, 4.69) is 35.5 Å². The Kier molecular flexibility index (Phi) is 5.90. The summed E-state index contributed by atoms with van der Waals surface area (Å²) in [5, 5.41) is 11.2. The highest BCUT2D eigenvalue weighted by atomic mass is 16.5. The van der Waals surface area contributed by atoms with Gasteiger partial charge >= 0.3 is 6.03 Å². The molecule has 1 aromatic carbocycles. The number of carbonyl (C=O) groups excluding carboxylic acids is 1. The van der Waals surface area contributed by atoms with E-state index in [4.69, 9.17) is 4.52 Å². The molecule has 0 atom stereocenters. The molecule has 0 spiro atoms. The molecule has 0 unspecified atom stereocenters. The predicted molar refractivity (Wildman–Crippen MR) is 102 cm³/mol. The van der Waals surface area contributed by atoms with Gasteiger partial charge in [-0.05, 0) is 23.1 Å². The second-order valence-electron chi connectivity index (χ2n) is 6.86. The maximum absolute atomic E-state index is 12.4. The Balaban J connectivity index is 1.56. The molecule has 1 N–H and O–H groups in total. The van der Waals surface area contributed by atoms with Gasteiger partial charge in [-0.1, -0.05) is 43.3 Å². The van der Waals surface area contributed by atoms with Gasteiger partial charge in [-0.3, -0.25) is 4.68 Å². The third-order valence-corrected chi connectivity index (χ3v) is 4.35. The van der Waals surface area contributed by atoms with Crippen LogP contribution in [0.5, 0.6) is 0 Å². The molecule has 0 saturated carbocycles. The summed E-state index contributed by atoms with van der Waals surface area (Å²) in [4.78, 5) is 14.0. The number of nitrogens with zero attached hydrogens (tertiary/aromatic N) is 4. The van der Waals surface area contributed by atoms with Crippen molar-refractivity contribution in [2.45, 2.75) is 39.4 Å². The van der Waals surface area contributed by atoms with Crippen LogP contribution in [0.15, 0.2) is 53.3 Å². The summed E-state index contributed by atoms with van der Waals surface area (Å²) in [5.74, 6) is 0.975. The Morgan fingerprint density at radius 2 is 2.04 bits per heavy atom. The fourth-order valence-electron chi connectivity index (χ4n) is 2.74. The lowest BCUT2D eigenvalue weighted by atomic mass is 10.1. The lowest BCUT2D eigenvalue weighted by Crippen LogP contribution is -2.36. The summed E-state index contributed by atoms with van der Waals surface area (Å²) in [6.07, 6.45) is 3.68. The minimum absolute atomic E-state index is 0.161. The standard InChI is InChI=1S/C20H25N5O2/c1-15(2)19-11-18(27-23-19)14-24(3)20(26)21-12-16-7-4-5-8-17(16)13-25-10-6-9-22-25/h4-11,15H,12-14H2,1-3H3,(H,21,26). The van der Waals surface area contributed by atoms with Gasteiger partial charge in [0.1, 0.15) is 0 Å². The second-order valence-corrected chi connectivity index (χ2v) is 6.86. The lowest BCUT2D eigenvalue weighted by Gasteiger charge is -2.17. The van der Waals surface area contributed by atoms with Gasteiger partial charge in [-0.25, -0.2) is 4.79 Å². The quantitative estimate of drug-likeness (QED) is 0.694. The van der Waals surface area contributed by atoms with Crippen LogP contribution < -0.4 is 5.32 Å². The first kappa shape index (κ1) is 18.7. The monoisotopic (exact) mass is 367 g/mol. The first-order chi connectivity index (χ1) is 13.0. The molecule has 0 saturated heterocycles. The molecule has 0 bridgehead atoms. The van der Waals surface area contributed by atoms with Crippen molar-refractivity contribution >= 4 is 6.03 Å². The molecule has 3 rings (SSSR count). The zero-order valence-corrected chi connectivity index (χ0v) is 15.9. The van der Waals surface area contributed by atoms with E-state index >= 15 is 0 Å². The highest BCUT2D eigenvalue weighted by Crippen LogP contribution is 2.15. The Morgan fingerprint density at radius 3 is 2.70 bits per heavy atom. The molecule has 0 fully saturated rings. The molecule has 0 radical (unpaired) electrons. The molecule has 7 nitrogen and oxygen atoms in total. The van der Waals surface area contributed by atoms with E-state index in [-0.39, 0.29) is 6.03 Å². The smallest absolute Gasteiger partial charge is 0.317 e. The van der Waals surface area contributed by atoms with Crippen molar-refractivity contribution < 1.29 is 9.32 Å². The summed E-state index contributed by atoms with van der Waals surface area (Å²) in [6, 6.07) is 11.7. The van der Waals surface area contributed by atoms with Crippen LogP contribution in [-0.4, -0.2) is 32.9 Å². The molecule has 0 aliphatic heterocycles. The number of hydrogen-bond donors (Lipinski definition) is 1. The van der Waals surface area contributed by atoms with Crippen molar-refractivity contribution in [3.8, 4) is 0 Å². The minimum Gasteiger partial charge on any atom is -0.359 e. The number of nitrogens with one attached hydrogen (secondary N) is 1. The average molecular weight is 367 g/mol. The molecule has 0 aliphatic rings. The maximum Gasteiger partial charge on any atom is 0.317 e. The van der Waals surface area contributed by atoms with Gasteiger partial charge in [0.15, 0.2) is 5.76 Å². The number of carbonyl (C=O) groups is 1. The van der Waals surface area contributed by atoms with Crippen molar-refractivity contribution in [3.05, 3.63) is 71.4 Å². The molecule has 2 heterocycles. The molecule has 2 aromatic heterocycles. The van der Waals surface area contributed by atoms with E-state index in [0.29, 0.717) is 31.3 Å². The minimum atomic E-state index is -0.161. The summed E-state index contributed by atoms with van der Waals surface area (Å²) in [6.45, 7) is 5.61. The van der Waals surface area contributed by atoms with Gasteiger partial charge in [-0.15, -0.1) is 0 Å². The summed E-state index contributed by atoms with van der Waals surface area (Å²) in [7, 11) is 1.74. The van der Waals surface area contributed by atoms with Crippen molar-refractivity contribution in [1.29, 1.82) is 0 Å². The zero-order valence-electron chi connectivity index (χ0n) is 15.9. The van der Waals surface area contributed by atoms with Gasteiger partial charge in [0.2, 0.25) is 0 Å². The first-order valence-electron chi connectivity index (χ1n) is 9.01. The Labute approximate surface area is 159 Å². The number of benzene rings is 1. The molecule has 0 aliphatic carbocycles. The molecule has 2 amide bonds. The van der Waals surface area contributed by atoms with E-state index < -0.39 is 0 Å². The van der Waals surface area contributed by atoms with E-state index in [1.165, 1.54) is 0 Å². The number of aromatic nitrogens is 3. The zero-order chi connectivity index (χ0) is 19.2. The van der Waals surface area contributed by atoms with Crippen molar-refractivity contribution in [2.75, 3.05) is 7.05 Å². The third kappa shape index (κ3) is 4.97. The van der Waals surface area contributed by atoms with Crippen LogP contribution in [0, 0.1) is 0 Å². The van der Waals surface area contributed by atoms with Crippen molar-refractivity contribution in [1.82, 2.24) is 25.2 Å². The predicted octanol–water partition coefficient (Wildman–Crippen LogP) is 3.38. The van der Waals surface area contributed by atoms with Gasteiger partial charge in [-0.2, -0.15) is 5.10 Å². The fourth-order valence-corrected chi connectivity index (χ4v) is 2.74. The van der Waals surface area contributed by atoms with Crippen LogP contribution >= 0.6 is 0 Å². The number of amides is 2. The molecule has 7 heteroatoms. The topological polar surface area (TPSA) is 76.2 Å². The normalized spacial score (nSPS) is 11.0. The molecule has 27 heavy (non-hydrogen) atoms. The maximum atomic E-state index is 12.4. The van der Waals surface area contributed by atoms with Gasteiger partial charge in [0.05, 0.1) is 18.8 Å². The van der Waals surface area contributed by atoms with Crippen LogP contribution in [0.25, 0.3) is 0 Å². The van der Waals surface area contributed by atoms with Crippen molar-refractivity contribution in [3.63, 3.8) is 0 Å². The fraction of sp³-hybridized carbons (Fsp3) is 0.350. The van der Waals surface area contributed by atoms with Gasteiger partial charge < -0.3 is 14.7 Å². The van der Waals surface area contributed by atoms with E-state index in [1.807, 2.05) is 41.2 Å². The summed E-state index contributed by atoms with van der Waals surface area (Å²) in [5.41, 5.74) is 3.09. The SMILES string of the molecule is CC(C)c1cc(CN(C)C(=O)NCc2ccccc2Cn2cccn2)on1. The highest BCUT2D eigenvalue weighted by molar-refractivity contribution is 5.73. The Morgan fingerprint density at radius 1 is 1.26 bits per heavy atom. The summed E-state index contributed by atoms with van der Waals surface area (Å²) < 4.78 is 7.17. The molecule has 3 aromatic rings. The van der Waals surface area contributed by atoms with E-state index in [9.17, 15) is 4.79 Å². The van der Waals surface area contributed by atoms with Crippen LogP contribution in [0.2, 0.25) is 0 Å². The van der Waals surface area contributed by atoms with Gasteiger partial charge in [0.25, 0.3) is 0 Å². The van der Waals surface area contributed by atoms with Crippen molar-refractivity contribution in [2.24, 2.45) is 0 Å². The molecule has 142 valence electrons. The highest BCUT2D eigenvalue weighted by Gasteiger charge is 2.14. The molecular formula is C20H25N5O2. The van der Waals surface area contributed by atoms with Crippen LogP contribution in [-0.2, 0) is 19.6 Å². The Hall–Kier alpha value is -3.09. The van der Waals surface area contributed by atoms with Crippen LogP contribution in [0.3, 0.4) is 0 Å². The van der Waals surface area contributed by atoms with Gasteiger partial charge in [0, 0.05) is 32.1 Å². The number of rotatable bonds is 7. The van der Waals surface area contributed by atoms with E-state index in [0.717, 1.165) is 16.8 Å². The third-order valence-electron chi connectivity index (χ3n) is 4.35. The van der Waals surface area contributed by atoms with Crippen LogP contribution in [0.1, 0.15) is 42.3 Å². The first-order valence-corrected chi connectivity index (χ1v) is 9.01. The lowest BCUT2D eigenvalue weighted by molar-refractivity contribution is 0.200. The Bertz CT molecular complexity index is 870. The number of urea groups is 1. The largest absolute Gasteiger partial charge is 0.359 e. The average Bonchev–Trinajstić information content (AvgIpc) is 3.32. The van der Waals surface area contributed by atoms with E-state index in [1.54, 1.807) is 18.1 Å². The summed E-state index contributed by atoms with van der Waals surface area (Å²) >= 11 is 0. The van der Waals surface area contributed by atoms with Crippen LogP contribution in [0.4, 0.5) is 4.79 Å². The number of hydrogen-bond acceptors (Lipinski definition) is 4. The molecular weight excluding hydrogens is 342 g/mol.